The van der Waals surface area contributed by atoms with E-state index in [1.807, 2.05) is 0 Å². The van der Waals surface area contributed by atoms with E-state index in [-0.39, 0.29) is 23.1 Å². The molecule has 0 aliphatic carbocycles. The van der Waals surface area contributed by atoms with E-state index in [0.717, 1.165) is 10.5 Å². The van der Waals surface area contributed by atoms with Gasteiger partial charge in [-0.3, -0.25) is 14.4 Å². The Morgan fingerprint density at radius 3 is 2.20 bits per heavy atom. The maximum atomic E-state index is 13.0. The van der Waals surface area contributed by atoms with Crippen LogP contribution in [0.1, 0.15) is 11.1 Å². The second-order valence-electron chi connectivity index (χ2n) is 7.69. The first-order chi connectivity index (χ1) is 16.7. The van der Waals surface area contributed by atoms with Crippen LogP contribution in [0.25, 0.3) is 0 Å². The van der Waals surface area contributed by atoms with Gasteiger partial charge in [-0.25, -0.2) is 4.90 Å². The number of amides is 3. The van der Waals surface area contributed by atoms with Crippen LogP contribution in [0.5, 0.6) is 0 Å². The Kier molecular flexibility index (Phi) is 7.38. The van der Waals surface area contributed by atoms with Gasteiger partial charge in [0.15, 0.2) is 0 Å². The number of rotatable bonds is 6. The molecule has 3 aromatic rings. The molecule has 0 atom stereocenters. The van der Waals surface area contributed by atoms with Gasteiger partial charge in [0.05, 0.1) is 22.2 Å². The number of hydrogen-bond acceptors (Lipinski definition) is 4. The van der Waals surface area contributed by atoms with E-state index < -0.39 is 11.8 Å². The summed E-state index contributed by atoms with van der Waals surface area (Å²) in [5.74, 6) is -1.46. The Labute approximate surface area is 221 Å². The number of nitrogens with zero attached hydrogens (tertiary/aromatic N) is 1. The lowest BCUT2D eigenvalue weighted by atomic mass is 10.1. The predicted octanol–water partition coefficient (Wildman–Crippen LogP) is 6.57. The lowest BCUT2D eigenvalue weighted by Gasteiger charge is -2.18. The van der Waals surface area contributed by atoms with Crippen LogP contribution in [0.15, 0.2) is 71.4 Å². The molecule has 0 bridgehead atoms. The fraction of sp³-hybridized carbons (Fsp3) is 0.0800. The van der Waals surface area contributed by atoms with Crippen LogP contribution in [0.4, 0.5) is 17.1 Å². The molecule has 178 valence electrons. The highest BCUT2D eigenvalue weighted by atomic mass is 35.5. The molecule has 0 saturated heterocycles. The van der Waals surface area contributed by atoms with E-state index in [1.165, 1.54) is 0 Å². The molecular formula is C25H17Cl4N3O3. The number of nitrogens with one attached hydrogen (secondary N) is 2. The lowest BCUT2D eigenvalue weighted by molar-refractivity contribution is -0.120. The zero-order valence-corrected chi connectivity index (χ0v) is 21.2. The first-order valence-corrected chi connectivity index (χ1v) is 11.8. The Balaban J connectivity index is 1.44. The third-order valence-electron chi connectivity index (χ3n) is 5.30. The summed E-state index contributed by atoms with van der Waals surface area (Å²) < 4.78 is 0. The number of hydrogen-bond donors (Lipinski definition) is 2. The highest BCUT2D eigenvalue weighted by Crippen LogP contribution is 2.34. The molecule has 0 radical (unpaired) electrons. The van der Waals surface area contributed by atoms with Crippen molar-refractivity contribution < 1.29 is 14.4 Å². The first kappa shape index (κ1) is 25.1. The van der Waals surface area contributed by atoms with Crippen LogP contribution >= 0.6 is 46.4 Å². The highest BCUT2D eigenvalue weighted by molar-refractivity contribution is 6.53. The summed E-state index contributed by atoms with van der Waals surface area (Å²) in [6, 6.07) is 16.6. The molecule has 0 spiro atoms. The van der Waals surface area contributed by atoms with Crippen molar-refractivity contribution in [2.24, 2.45) is 0 Å². The Morgan fingerprint density at radius 1 is 0.829 bits per heavy atom. The van der Waals surface area contributed by atoms with Crippen LogP contribution in [-0.4, -0.2) is 17.7 Å². The first-order valence-electron chi connectivity index (χ1n) is 10.3. The van der Waals surface area contributed by atoms with Gasteiger partial charge in [-0.15, -0.1) is 0 Å². The third-order valence-corrected chi connectivity index (χ3v) is 6.80. The Bertz CT molecular complexity index is 1390. The Hall–Kier alpha value is -3.03. The molecule has 0 saturated carbocycles. The number of anilines is 3. The molecule has 1 aliphatic heterocycles. The molecule has 0 unspecified atom stereocenters. The van der Waals surface area contributed by atoms with Crippen molar-refractivity contribution in [2.45, 2.75) is 13.3 Å². The van der Waals surface area contributed by atoms with E-state index in [0.29, 0.717) is 37.7 Å². The van der Waals surface area contributed by atoms with Gasteiger partial charge in [-0.05, 0) is 60.5 Å². The summed E-state index contributed by atoms with van der Waals surface area (Å²) >= 11 is 24.2. The number of halogens is 4. The summed E-state index contributed by atoms with van der Waals surface area (Å²) in [6.45, 7) is 1.72. The largest absolute Gasteiger partial charge is 0.350 e. The van der Waals surface area contributed by atoms with Crippen LogP contribution in [0.3, 0.4) is 0 Å². The van der Waals surface area contributed by atoms with Crippen molar-refractivity contribution in [1.82, 2.24) is 0 Å². The third kappa shape index (κ3) is 5.31. The topological polar surface area (TPSA) is 78.5 Å². The highest BCUT2D eigenvalue weighted by Gasteiger charge is 2.39. The molecule has 35 heavy (non-hydrogen) atoms. The summed E-state index contributed by atoms with van der Waals surface area (Å²) in [5, 5.41) is 6.62. The molecule has 10 heteroatoms. The average Bonchev–Trinajstić information content (AvgIpc) is 3.02. The maximum absolute atomic E-state index is 13.0. The number of carbonyl (C=O) groups is 3. The minimum atomic E-state index is -0.639. The molecule has 6 nitrogen and oxygen atoms in total. The van der Waals surface area contributed by atoms with Crippen LogP contribution < -0.4 is 15.5 Å². The van der Waals surface area contributed by atoms with Crippen molar-refractivity contribution in [1.29, 1.82) is 0 Å². The van der Waals surface area contributed by atoms with E-state index in [1.54, 1.807) is 67.6 Å². The number of carbonyl (C=O) groups excluding carboxylic acids is 3. The summed E-state index contributed by atoms with van der Waals surface area (Å²) in [6.07, 6.45) is 0.114. The van der Waals surface area contributed by atoms with Crippen molar-refractivity contribution in [3.8, 4) is 0 Å². The molecule has 0 aromatic heterocycles. The smallest absolute Gasteiger partial charge is 0.283 e. The van der Waals surface area contributed by atoms with E-state index in [9.17, 15) is 14.4 Å². The molecule has 0 fully saturated rings. The maximum Gasteiger partial charge on any atom is 0.283 e. The van der Waals surface area contributed by atoms with Gasteiger partial charge in [-0.1, -0.05) is 64.6 Å². The lowest BCUT2D eigenvalue weighted by Crippen LogP contribution is -2.32. The van der Waals surface area contributed by atoms with Gasteiger partial charge in [0, 0.05) is 16.4 Å². The molecule has 2 N–H and O–H groups in total. The quantitative estimate of drug-likeness (QED) is 0.341. The van der Waals surface area contributed by atoms with Gasteiger partial charge in [0.1, 0.15) is 10.7 Å². The average molecular weight is 549 g/mol. The zero-order chi connectivity index (χ0) is 25.3. The van der Waals surface area contributed by atoms with Gasteiger partial charge < -0.3 is 10.6 Å². The van der Waals surface area contributed by atoms with Crippen LogP contribution in [-0.2, 0) is 20.8 Å². The SMILES string of the molecule is Cc1c(Cl)cccc1N1C(=O)C(Cl)=C(Nc2ccc(CC(=O)Nc3ccc(Cl)c(Cl)c3)cc2)C1=O. The normalized spacial score (nSPS) is 13.5. The van der Waals surface area contributed by atoms with E-state index in [4.69, 9.17) is 46.4 Å². The summed E-state index contributed by atoms with van der Waals surface area (Å²) in [7, 11) is 0. The fourth-order valence-corrected chi connectivity index (χ4v) is 4.16. The number of benzene rings is 3. The van der Waals surface area contributed by atoms with Crippen molar-refractivity contribution in [3.05, 3.63) is 97.6 Å². The summed E-state index contributed by atoms with van der Waals surface area (Å²) in [5.41, 5.74) is 2.71. The van der Waals surface area contributed by atoms with Crippen molar-refractivity contribution in [2.75, 3.05) is 15.5 Å². The molecule has 3 aromatic carbocycles. The predicted molar refractivity (Wildman–Crippen MR) is 140 cm³/mol. The second kappa shape index (κ2) is 10.3. The molecule has 1 aliphatic rings. The number of imide groups is 1. The zero-order valence-electron chi connectivity index (χ0n) is 18.2. The monoisotopic (exact) mass is 547 g/mol. The van der Waals surface area contributed by atoms with Crippen molar-refractivity contribution >= 4 is 81.2 Å². The standard InChI is InChI=1S/C25H17Cl4N3O3/c1-13-17(26)3-2-4-20(13)32-24(34)22(29)23(25(32)35)31-15-7-5-14(6-8-15)11-21(33)30-16-9-10-18(27)19(28)12-16/h2-10,12,31H,11H2,1H3,(H,30,33). The van der Waals surface area contributed by atoms with Gasteiger partial charge in [0.25, 0.3) is 11.8 Å². The van der Waals surface area contributed by atoms with Crippen molar-refractivity contribution in [3.63, 3.8) is 0 Å². The van der Waals surface area contributed by atoms with Gasteiger partial charge >= 0.3 is 0 Å². The van der Waals surface area contributed by atoms with Gasteiger partial charge in [0.2, 0.25) is 5.91 Å². The Morgan fingerprint density at radius 2 is 1.51 bits per heavy atom. The van der Waals surface area contributed by atoms with E-state index in [2.05, 4.69) is 10.6 Å². The van der Waals surface area contributed by atoms with Crippen LogP contribution in [0, 0.1) is 6.92 Å². The molecule has 3 amide bonds. The van der Waals surface area contributed by atoms with Gasteiger partial charge in [-0.2, -0.15) is 0 Å². The van der Waals surface area contributed by atoms with E-state index >= 15 is 0 Å². The summed E-state index contributed by atoms with van der Waals surface area (Å²) in [4.78, 5) is 39.1. The molecular weight excluding hydrogens is 532 g/mol. The van der Waals surface area contributed by atoms with Crippen LogP contribution in [0.2, 0.25) is 15.1 Å². The minimum absolute atomic E-state index is 0.0406. The second-order valence-corrected chi connectivity index (χ2v) is 9.29. The fourth-order valence-electron chi connectivity index (χ4n) is 3.48. The minimum Gasteiger partial charge on any atom is -0.350 e. The molecule has 1 heterocycles. The molecule has 4 rings (SSSR count).